The number of methoxy groups -OCH3 is 1. The van der Waals surface area contributed by atoms with Crippen molar-refractivity contribution in [3.05, 3.63) is 48.2 Å². The zero-order valence-corrected chi connectivity index (χ0v) is 11.3. The van der Waals surface area contributed by atoms with Gasteiger partial charge in [0.15, 0.2) is 0 Å². The van der Waals surface area contributed by atoms with Gasteiger partial charge in [-0.25, -0.2) is 9.78 Å². The van der Waals surface area contributed by atoms with Crippen LogP contribution in [0.1, 0.15) is 5.82 Å². The molecule has 0 amide bonds. The normalized spacial score (nSPS) is 11.2. The fraction of sp³-hybridized carbons (Fsp3) is 0.143. The molecule has 0 radical (unpaired) electrons. The molecule has 20 heavy (non-hydrogen) atoms. The van der Waals surface area contributed by atoms with Crippen LogP contribution in [0.2, 0.25) is 0 Å². The van der Waals surface area contributed by atoms with Crippen molar-refractivity contribution in [3.8, 4) is 0 Å². The number of hydrogen-bond donors (Lipinski definition) is 2. The molecule has 0 atom stereocenters. The Labute approximate surface area is 116 Å². The Hall–Kier alpha value is -2.76. The van der Waals surface area contributed by atoms with Crippen molar-refractivity contribution in [2.24, 2.45) is 7.05 Å². The minimum Gasteiger partial charge on any atom is -0.464 e. The van der Waals surface area contributed by atoms with Gasteiger partial charge >= 0.3 is 5.97 Å². The van der Waals surface area contributed by atoms with Gasteiger partial charge in [-0.15, -0.1) is 0 Å². The Balaban J connectivity index is 2.35. The summed E-state index contributed by atoms with van der Waals surface area (Å²) in [6.45, 7) is 0. The van der Waals surface area contributed by atoms with Gasteiger partial charge < -0.3 is 20.4 Å². The minimum absolute atomic E-state index is 0.264. The van der Waals surface area contributed by atoms with Crippen LogP contribution < -0.4 is 11.1 Å². The van der Waals surface area contributed by atoms with E-state index in [1.807, 2.05) is 19.2 Å². The second-order valence-electron chi connectivity index (χ2n) is 4.16. The second kappa shape index (κ2) is 5.92. The molecule has 6 nitrogen and oxygen atoms in total. The first kappa shape index (κ1) is 13.7. The summed E-state index contributed by atoms with van der Waals surface area (Å²) in [6, 6.07) is 7.18. The number of imidazole rings is 1. The Kier molecular flexibility index (Phi) is 4.05. The Morgan fingerprint density at radius 3 is 2.80 bits per heavy atom. The summed E-state index contributed by atoms with van der Waals surface area (Å²) in [4.78, 5) is 16.0. The monoisotopic (exact) mass is 272 g/mol. The van der Waals surface area contributed by atoms with E-state index in [0.29, 0.717) is 17.2 Å². The first-order valence-electron chi connectivity index (χ1n) is 6.00. The average Bonchev–Trinajstić information content (AvgIpc) is 2.85. The van der Waals surface area contributed by atoms with Crippen molar-refractivity contribution < 1.29 is 9.53 Å². The summed E-state index contributed by atoms with van der Waals surface area (Å²) in [5.41, 5.74) is 7.30. The molecule has 0 bridgehead atoms. The van der Waals surface area contributed by atoms with Crippen LogP contribution in [0.3, 0.4) is 0 Å². The molecule has 0 aliphatic heterocycles. The van der Waals surface area contributed by atoms with Crippen molar-refractivity contribution in [1.82, 2.24) is 9.55 Å². The van der Waals surface area contributed by atoms with Gasteiger partial charge in [-0.3, -0.25) is 0 Å². The number of nitrogens with one attached hydrogen (secondary N) is 1. The van der Waals surface area contributed by atoms with Crippen molar-refractivity contribution in [3.63, 3.8) is 0 Å². The van der Waals surface area contributed by atoms with E-state index in [-0.39, 0.29) is 5.70 Å². The van der Waals surface area contributed by atoms with Crippen LogP contribution in [-0.4, -0.2) is 22.6 Å². The van der Waals surface area contributed by atoms with Crippen LogP contribution in [0.4, 0.5) is 11.4 Å². The van der Waals surface area contributed by atoms with E-state index in [9.17, 15) is 4.79 Å². The number of esters is 1. The summed E-state index contributed by atoms with van der Waals surface area (Å²) in [7, 11) is 3.16. The Morgan fingerprint density at radius 1 is 1.45 bits per heavy atom. The lowest BCUT2D eigenvalue weighted by Crippen LogP contribution is -2.14. The van der Waals surface area contributed by atoms with Crippen molar-refractivity contribution in [2.45, 2.75) is 0 Å². The lowest BCUT2D eigenvalue weighted by Gasteiger charge is -2.11. The SMILES string of the molecule is COC(=O)/C(=C\c1nccn1C)Nc1ccccc1N. The van der Waals surface area contributed by atoms with E-state index in [2.05, 4.69) is 10.3 Å². The number of nitrogens with zero attached hydrogens (tertiary/aromatic N) is 2. The number of aromatic nitrogens is 2. The predicted octanol–water partition coefficient (Wildman–Crippen LogP) is 1.63. The lowest BCUT2D eigenvalue weighted by atomic mass is 10.2. The number of ether oxygens (including phenoxy) is 1. The van der Waals surface area contributed by atoms with Crippen molar-refractivity contribution in [2.75, 3.05) is 18.2 Å². The fourth-order valence-electron chi connectivity index (χ4n) is 1.66. The molecule has 3 N–H and O–H groups in total. The highest BCUT2D eigenvalue weighted by molar-refractivity contribution is 5.97. The molecule has 1 aromatic carbocycles. The number of carbonyl (C=O) groups is 1. The van der Waals surface area contributed by atoms with Gasteiger partial charge in [-0.2, -0.15) is 0 Å². The van der Waals surface area contributed by atoms with E-state index >= 15 is 0 Å². The van der Waals surface area contributed by atoms with Gasteiger partial charge in [0.1, 0.15) is 11.5 Å². The molecule has 0 saturated carbocycles. The van der Waals surface area contributed by atoms with E-state index in [0.717, 1.165) is 0 Å². The number of para-hydroxylation sites is 2. The number of rotatable bonds is 4. The highest BCUT2D eigenvalue weighted by Crippen LogP contribution is 2.20. The lowest BCUT2D eigenvalue weighted by molar-refractivity contribution is -0.135. The second-order valence-corrected chi connectivity index (χ2v) is 4.16. The van der Waals surface area contributed by atoms with Crippen LogP contribution in [0.15, 0.2) is 42.4 Å². The third-order valence-corrected chi connectivity index (χ3v) is 2.77. The van der Waals surface area contributed by atoms with Crippen LogP contribution in [-0.2, 0) is 16.6 Å². The molecular formula is C14H16N4O2. The largest absolute Gasteiger partial charge is 0.464 e. The Morgan fingerprint density at radius 2 is 2.20 bits per heavy atom. The molecule has 0 spiro atoms. The molecule has 0 aliphatic carbocycles. The minimum atomic E-state index is -0.490. The smallest absolute Gasteiger partial charge is 0.354 e. The van der Waals surface area contributed by atoms with Gasteiger partial charge in [0.25, 0.3) is 0 Å². The van der Waals surface area contributed by atoms with Crippen molar-refractivity contribution >= 4 is 23.4 Å². The molecule has 0 saturated heterocycles. The molecule has 104 valence electrons. The number of nitrogen functional groups attached to an aromatic ring is 1. The number of benzene rings is 1. The van der Waals surface area contributed by atoms with Gasteiger partial charge in [0.2, 0.25) is 0 Å². The van der Waals surface area contributed by atoms with Crippen molar-refractivity contribution in [1.29, 1.82) is 0 Å². The number of aryl methyl sites for hydroxylation is 1. The molecule has 6 heteroatoms. The summed E-state index contributed by atoms with van der Waals surface area (Å²) in [5, 5.41) is 2.97. The van der Waals surface area contributed by atoms with E-state index in [4.69, 9.17) is 10.5 Å². The maximum atomic E-state index is 11.8. The van der Waals surface area contributed by atoms with Crippen LogP contribution in [0, 0.1) is 0 Å². The molecular weight excluding hydrogens is 256 g/mol. The third kappa shape index (κ3) is 2.97. The van der Waals surface area contributed by atoms with Crippen LogP contribution in [0.25, 0.3) is 6.08 Å². The topological polar surface area (TPSA) is 82.2 Å². The van der Waals surface area contributed by atoms with E-state index in [1.165, 1.54) is 7.11 Å². The molecule has 1 aromatic heterocycles. The van der Waals surface area contributed by atoms with Gasteiger partial charge in [-0.05, 0) is 12.1 Å². The summed E-state index contributed by atoms with van der Waals surface area (Å²) >= 11 is 0. The number of nitrogens with two attached hydrogens (primary N) is 1. The summed E-state index contributed by atoms with van der Waals surface area (Å²) in [6.07, 6.45) is 5.05. The average molecular weight is 272 g/mol. The van der Waals surface area contributed by atoms with Gasteiger partial charge in [0, 0.05) is 25.5 Å². The van der Waals surface area contributed by atoms with Crippen LogP contribution in [0.5, 0.6) is 0 Å². The number of anilines is 2. The third-order valence-electron chi connectivity index (χ3n) is 2.77. The quantitative estimate of drug-likeness (QED) is 0.502. The first-order valence-corrected chi connectivity index (χ1v) is 6.00. The summed E-state index contributed by atoms with van der Waals surface area (Å²) in [5.74, 6) is 0.142. The standard InChI is InChI=1S/C14H16N4O2/c1-18-8-7-16-13(18)9-12(14(19)20-2)17-11-6-4-3-5-10(11)15/h3-9,17H,15H2,1-2H3/b12-9+. The number of hydrogen-bond acceptors (Lipinski definition) is 5. The van der Waals surface area contributed by atoms with E-state index < -0.39 is 5.97 Å². The van der Waals surface area contributed by atoms with Gasteiger partial charge in [0.05, 0.1) is 18.5 Å². The fourth-order valence-corrected chi connectivity index (χ4v) is 1.66. The first-order chi connectivity index (χ1) is 9.61. The van der Waals surface area contributed by atoms with Gasteiger partial charge in [-0.1, -0.05) is 12.1 Å². The maximum absolute atomic E-state index is 11.8. The maximum Gasteiger partial charge on any atom is 0.354 e. The zero-order valence-electron chi connectivity index (χ0n) is 11.3. The Bertz CT molecular complexity index is 646. The highest BCUT2D eigenvalue weighted by Gasteiger charge is 2.12. The molecule has 2 rings (SSSR count). The van der Waals surface area contributed by atoms with Crippen LogP contribution >= 0.6 is 0 Å². The molecule has 2 aromatic rings. The molecule has 0 unspecified atom stereocenters. The predicted molar refractivity (Wildman–Crippen MR) is 77.7 cm³/mol. The summed E-state index contributed by atoms with van der Waals surface area (Å²) < 4.78 is 6.56. The molecule has 0 fully saturated rings. The molecule has 0 aliphatic rings. The molecule has 1 heterocycles. The number of carbonyl (C=O) groups excluding carboxylic acids is 1. The van der Waals surface area contributed by atoms with E-state index in [1.54, 1.807) is 35.2 Å². The zero-order chi connectivity index (χ0) is 14.5. The highest BCUT2D eigenvalue weighted by atomic mass is 16.5.